The first-order valence-corrected chi connectivity index (χ1v) is 17.4. The van der Waals surface area contributed by atoms with Crippen LogP contribution in [0.5, 0.6) is 0 Å². The number of esters is 2. The molecule has 0 aromatic carbocycles. The zero-order valence-corrected chi connectivity index (χ0v) is 27.5. The van der Waals surface area contributed by atoms with Crippen molar-refractivity contribution in [1.29, 1.82) is 0 Å². The predicted molar refractivity (Wildman–Crippen MR) is 168 cm³/mol. The average molecular weight is 591 g/mol. The number of hydrogen-bond acceptors (Lipinski definition) is 6. The molecule has 0 bridgehead atoms. The van der Waals surface area contributed by atoms with Crippen molar-refractivity contribution in [1.82, 2.24) is 0 Å². The summed E-state index contributed by atoms with van der Waals surface area (Å²) in [6.45, 7) is 12.8. The first-order valence-electron chi connectivity index (χ1n) is 17.4. The summed E-state index contributed by atoms with van der Waals surface area (Å²) >= 11 is 0. The van der Waals surface area contributed by atoms with Crippen LogP contribution in [-0.2, 0) is 28.5 Å². The summed E-state index contributed by atoms with van der Waals surface area (Å²) in [7, 11) is 0. The highest BCUT2D eigenvalue weighted by Crippen LogP contribution is 2.43. The molecular formula is C36H62O6. The molecule has 242 valence electrons. The zero-order chi connectivity index (χ0) is 30.4. The molecule has 3 fully saturated rings. The fourth-order valence-corrected chi connectivity index (χ4v) is 7.17. The highest BCUT2D eigenvalue weighted by atomic mass is 16.7. The molecule has 3 rings (SSSR count). The van der Waals surface area contributed by atoms with Gasteiger partial charge in [-0.05, 0) is 102 Å². The molecule has 2 atom stereocenters. The third-order valence-electron chi connectivity index (χ3n) is 10.2. The molecule has 1 aliphatic heterocycles. The van der Waals surface area contributed by atoms with Crippen molar-refractivity contribution in [2.24, 2.45) is 35.0 Å². The number of hydrogen-bond donors (Lipinski definition) is 0. The van der Waals surface area contributed by atoms with Gasteiger partial charge < -0.3 is 18.9 Å². The zero-order valence-electron chi connectivity index (χ0n) is 27.5. The van der Waals surface area contributed by atoms with Crippen LogP contribution in [0.1, 0.15) is 137 Å². The SMILES string of the molecule is C=C(C)C(=O)OCC(CCC1CCC(C2CCC(CCCCC)CC2)CC1)COC(=O)C(C)(C)COC1CCCCO1. The molecule has 2 saturated carbocycles. The van der Waals surface area contributed by atoms with E-state index in [-0.39, 0.29) is 44.0 Å². The van der Waals surface area contributed by atoms with Crippen LogP contribution in [0.2, 0.25) is 0 Å². The minimum absolute atomic E-state index is 0.0173. The second kappa shape index (κ2) is 18.4. The molecule has 0 spiro atoms. The number of carbonyl (C=O) groups is 2. The van der Waals surface area contributed by atoms with Crippen molar-refractivity contribution in [2.75, 3.05) is 26.4 Å². The molecule has 2 aliphatic carbocycles. The van der Waals surface area contributed by atoms with Crippen LogP contribution in [-0.4, -0.2) is 44.7 Å². The van der Waals surface area contributed by atoms with E-state index in [1.807, 2.05) is 13.8 Å². The van der Waals surface area contributed by atoms with Gasteiger partial charge in [0.15, 0.2) is 6.29 Å². The Bertz CT molecular complexity index is 800. The summed E-state index contributed by atoms with van der Waals surface area (Å²) in [5.41, 5.74) is -0.380. The quantitative estimate of drug-likeness (QED) is 0.0958. The van der Waals surface area contributed by atoms with Gasteiger partial charge >= 0.3 is 11.9 Å². The second-order valence-electron chi connectivity index (χ2n) is 14.5. The second-order valence-corrected chi connectivity index (χ2v) is 14.5. The summed E-state index contributed by atoms with van der Waals surface area (Å²) in [4.78, 5) is 25.1. The van der Waals surface area contributed by atoms with Crippen molar-refractivity contribution in [2.45, 2.75) is 143 Å². The maximum absolute atomic E-state index is 13.0. The van der Waals surface area contributed by atoms with Gasteiger partial charge in [0.25, 0.3) is 0 Å². The van der Waals surface area contributed by atoms with E-state index in [1.54, 1.807) is 6.92 Å². The Morgan fingerprint density at radius 1 is 0.857 bits per heavy atom. The third kappa shape index (κ3) is 12.3. The van der Waals surface area contributed by atoms with Gasteiger partial charge in [0.2, 0.25) is 0 Å². The van der Waals surface area contributed by atoms with Crippen molar-refractivity contribution in [3.8, 4) is 0 Å². The number of unbranched alkanes of at least 4 members (excludes halogenated alkanes) is 2. The number of ether oxygens (including phenoxy) is 4. The van der Waals surface area contributed by atoms with E-state index in [0.717, 1.165) is 49.9 Å². The highest BCUT2D eigenvalue weighted by Gasteiger charge is 2.33. The lowest BCUT2D eigenvalue weighted by Crippen LogP contribution is -2.36. The highest BCUT2D eigenvalue weighted by molar-refractivity contribution is 5.86. The van der Waals surface area contributed by atoms with Crippen LogP contribution in [0.15, 0.2) is 12.2 Å². The Morgan fingerprint density at radius 2 is 1.48 bits per heavy atom. The Labute approximate surface area is 257 Å². The van der Waals surface area contributed by atoms with E-state index in [1.165, 1.54) is 77.0 Å². The summed E-state index contributed by atoms with van der Waals surface area (Å²) in [5, 5.41) is 0. The van der Waals surface area contributed by atoms with Gasteiger partial charge in [-0.15, -0.1) is 0 Å². The van der Waals surface area contributed by atoms with Gasteiger partial charge in [-0.1, -0.05) is 64.9 Å². The normalized spacial score (nSPS) is 27.7. The van der Waals surface area contributed by atoms with Crippen molar-refractivity contribution in [3.05, 3.63) is 12.2 Å². The van der Waals surface area contributed by atoms with Gasteiger partial charge in [-0.2, -0.15) is 0 Å². The molecule has 42 heavy (non-hydrogen) atoms. The molecule has 0 amide bonds. The van der Waals surface area contributed by atoms with Crippen LogP contribution < -0.4 is 0 Å². The summed E-state index contributed by atoms with van der Waals surface area (Å²) in [6.07, 6.45) is 21.5. The molecule has 1 saturated heterocycles. The van der Waals surface area contributed by atoms with Gasteiger partial charge in [0, 0.05) is 18.1 Å². The average Bonchev–Trinajstić information content (AvgIpc) is 3.00. The van der Waals surface area contributed by atoms with Crippen LogP contribution in [0.25, 0.3) is 0 Å². The standard InChI is InChI=1S/C36H62O6/c1-6-7-8-11-28-15-19-31(20-16-28)32-21-17-29(18-22-32)13-14-30(24-40-34(37)27(2)3)25-41-35(38)36(4,5)26-42-33-12-9-10-23-39-33/h28-33H,2,6-26H2,1,3-5H3. The Kier molecular flexibility index (Phi) is 15.4. The van der Waals surface area contributed by atoms with E-state index in [9.17, 15) is 9.59 Å². The lowest BCUT2D eigenvalue weighted by atomic mass is 9.68. The first kappa shape index (κ1) is 35.1. The van der Waals surface area contributed by atoms with Crippen LogP contribution in [0.3, 0.4) is 0 Å². The third-order valence-corrected chi connectivity index (χ3v) is 10.2. The molecule has 0 N–H and O–H groups in total. The maximum Gasteiger partial charge on any atom is 0.333 e. The van der Waals surface area contributed by atoms with Gasteiger partial charge in [0.1, 0.15) is 0 Å². The lowest BCUT2D eigenvalue weighted by molar-refractivity contribution is -0.188. The van der Waals surface area contributed by atoms with Gasteiger partial charge in [0.05, 0.1) is 25.2 Å². The van der Waals surface area contributed by atoms with E-state index >= 15 is 0 Å². The molecule has 3 aliphatic rings. The van der Waals surface area contributed by atoms with Gasteiger partial charge in [-0.3, -0.25) is 4.79 Å². The van der Waals surface area contributed by atoms with Crippen molar-refractivity contribution >= 4 is 11.9 Å². The van der Waals surface area contributed by atoms with E-state index in [2.05, 4.69) is 13.5 Å². The topological polar surface area (TPSA) is 71.1 Å². The molecular weight excluding hydrogens is 528 g/mol. The van der Waals surface area contributed by atoms with Gasteiger partial charge in [-0.25, -0.2) is 4.79 Å². The number of carbonyl (C=O) groups excluding carboxylic acids is 2. The Morgan fingerprint density at radius 3 is 2.05 bits per heavy atom. The maximum atomic E-state index is 13.0. The van der Waals surface area contributed by atoms with Crippen LogP contribution in [0, 0.1) is 35.0 Å². The molecule has 0 aromatic rings. The molecule has 6 heteroatoms. The monoisotopic (exact) mass is 590 g/mol. The van der Waals surface area contributed by atoms with E-state index < -0.39 is 5.41 Å². The summed E-state index contributed by atoms with van der Waals surface area (Å²) in [6, 6.07) is 0. The largest absolute Gasteiger partial charge is 0.465 e. The van der Waals surface area contributed by atoms with Crippen molar-refractivity contribution < 1.29 is 28.5 Å². The molecule has 0 radical (unpaired) electrons. The summed E-state index contributed by atoms with van der Waals surface area (Å²) < 4.78 is 22.8. The molecule has 6 nitrogen and oxygen atoms in total. The smallest absolute Gasteiger partial charge is 0.333 e. The van der Waals surface area contributed by atoms with E-state index in [0.29, 0.717) is 18.1 Å². The summed E-state index contributed by atoms with van der Waals surface area (Å²) in [5.74, 6) is 2.87. The lowest BCUT2D eigenvalue weighted by Gasteiger charge is -2.38. The molecule has 0 aromatic heterocycles. The van der Waals surface area contributed by atoms with Crippen LogP contribution in [0.4, 0.5) is 0 Å². The fraction of sp³-hybridized carbons (Fsp3) is 0.889. The molecule has 1 heterocycles. The fourth-order valence-electron chi connectivity index (χ4n) is 7.17. The van der Waals surface area contributed by atoms with Crippen LogP contribution >= 0.6 is 0 Å². The molecule has 2 unspecified atom stereocenters. The Balaban J connectivity index is 1.40. The minimum atomic E-state index is -0.771. The minimum Gasteiger partial charge on any atom is -0.465 e. The Hall–Kier alpha value is -1.40. The first-order chi connectivity index (χ1) is 20.2. The predicted octanol–water partition coefficient (Wildman–Crippen LogP) is 8.81. The van der Waals surface area contributed by atoms with Crippen molar-refractivity contribution in [3.63, 3.8) is 0 Å². The number of rotatable bonds is 17. The van der Waals surface area contributed by atoms with E-state index in [4.69, 9.17) is 18.9 Å².